The van der Waals surface area contributed by atoms with E-state index in [9.17, 15) is 13.2 Å². The van der Waals surface area contributed by atoms with Crippen molar-refractivity contribution in [2.45, 2.75) is 26.4 Å². The molecule has 3 heterocycles. The molecule has 1 aromatic heterocycles. The van der Waals surface area contributed by atoms with E-state index in [1.54, 1.807) is 19.1 Å². The van der Waals surface area contributed by atoms with Crippen LogP contribution in [-0.2, 0) is 16.4 Å². The number of fused-ring (bicyclic) bond motifs is 3. The van der Waals surface area contributed by atoms with Gasteiger partial charge in [0.05, 0.1) is 16.3 Å². The van der Waals surface area contributed by atoms with Gasteiger partial charge in [-0.2, -0.15) is 0 Å². The van der Waals surface area contributed by atoms with Crippen LogP contribution in [-0.4, -0.2) is 31.8 Å². The first-order chi connectivity index (χ1) is 11.8. The minimum Gasteiger partial charge on any atom is -0.476 e. The average Bonchev–Trinajstić information content (AvgIpc) is 2.94. The Balaban J connectivity index is 1.85. The Morgan fingerprint density at radius 3 is 2.72 bits per heavy atom. The number of nitrogens with zero attached hydrogens (tertiary/aromatic N) is 1. The number of aryl methyl sites for hydroxylation is 1. The number of hydrogen-bond acceptors (Lipinski definition) is 6. The van der Waals surface area contributed by atoms with Crippen LogP contribution < -0.4 is 10.4 Å². The first kappa shape index (κ1) is 16.6. The average molecular weight is 382 g/mol. The highest BCUT2D eigenvalue weighted by atomic mass is 35.5. The van der Waals surface area contributed by atoms with Crippen molar-refractivity contribution in [3.8, 4) is 5.75 Å². The zero-order valence-electron chi connectivity index (χ0n) is 13.7. The molecule has 0 N–H and O–H groups in total. The van der Waals surface area contributed by atoms with Gasteiger partial charge in [-0.05, 0) is 25.5 Å². The fourth-order valence-electron chi connectivity index (χ4n) is 3.28. The van der Waals surface area contributed by atoms with Crippen LogP contribution in [0.1, 0.15) is 16.7 Å². The second-order valence-corrected chi connectivity index (χ2v) is 8.77. The van der Waals surface area contributed by atoms with E-state index in [1.807, 2.05) is 11.8 Å². The molecule has 4 rings (SSSR count). The Morgan fingerprint density at radius 2 is 2.04 bits per heavy atom. The lowest BCUT2D eigenvalue weighted by Gasteiger charge is -2.33. The van der Waals surface area contributed by atoms with Gasteiger partial charge in [0.25, 0.3) is 0 Å². The van der Waals surface area contributed by atoms with Gasteiger partial charge in [0, 0.05) is 28.9 Å². The lowest BCUT2D eigenvalue weighted by molar-refractivity contribution is 0.0800. The van der Waals surface area contributed by atoms with Crippen LogP contribution in [0.15, 0.2) is 26.8 Å². The second kappa shape index (κ2) is 5.59. The van der Waals surface area contributed by atoms with Crippen molar-refractivity contribution in [2.75, 3.05) is 12.5 Å². The van der Waals surface area contributed by atoms with Crippen LogP contribution >= 0.6 is 11.6 Å². The van der Waals surface area contributed by atoms with Crippen molar-refractivity contribution in [1.29, 1.82) is 0 Å². The van der Waals surface area contributed by atoms with Gasteiger partial charge in [-0.15, -0.1) is 0 Å². The first-order valence-corrected chi connectivity index (χ1v) is 9.89. The predicted octanol–water partition coefficient (Wildman–Crippen LogP) is 2.53. The zero-order valence-corrected chi connectivity index (χ0v) is 15.3. The fraction of sp³-hybridized carbons (Fsp3) is 0.353. The highest BCUT2D eigenvalue weighted by Crippen LogP contribution is 2.40. The van der Waals surface area contributed by atoms with Crippen molar-refractivity contribution in [3.63, 3.8) is 0 Å². The topological polar surface area (TPSA) is 76.8 Å². The van der Waals surface area contributed by atoms with E-state index in [2.05, 4.69) is 0 Å². The monoisotopic (exact) mass is 381 g/mol. The van der Waals surface area contributed by atoms with E-state index in [0.29, 0.717) is 34.0 Å². The van der Waals surface area contributed by atoms with Crippen LogP contribution in [0.5, 0.6) is 5.75 Å². The third-order valence-corrected chi connectivity index (χ3v) is 6.52. The molecule has 0 saturated carbocycles. The number of hydrogen-bond donors (Lipinski definition) is 0. The van der Waals surface area contributed by atoms with E-state index in [1.165, 1.54) is 5.41 Å². The molecular weight excluding hydrogens is 366 g/mol. The summed E-state index contributed by atoms with van der Waals surface area (Å²) in [5, 5.41) is 2.45. The Bertz CT molecular complexity index is 1090. The summed E-state index contributed by atoms with van der Waals surface area (Å²) in [5.74, 6) is 0.508. The molecule has 0 amide bonds. The van der Waals surface area contributed by atoms with Gasteiger partial charge in [-0.25, -0.2) is 13.2 Å². The maximum atomic E-state index is 12.1. The van der Waals surface area contributed by atoms with Gasteiger partial charge in [-0.3, -0.25) is 4.90 Å². The molecule has 2 aliphatic rings. The van der Waals surface area contributed by atoms with Crippen LogP contribution in [0.25, 0.3) is 11.0 Å². The minimum atomic E-state index is -3.17. The number of sulfone groups is 1. The largest absolute Gasteiger partial charge is 0.476 e. The highest BCUT2D eigenvalue weighted by molar-refractivity contribution is 7.94. The molecule has 132 valence electrons. The minimum absolute atomic E-state index is 0.0201. The number of ether oxygens (including phenoxy) is 1. The predicted molar refractivity (Wildman–Crippen MR) is 94.7 cm³/mol. The molecule has 2 aliphatic heterocycles. The Kier molecular flexibility index (Phi) is 3.72. The molecule has 1 atom stereocenters. The van der Waals surface area contributed by atoms with E-state index in [4.69, 9.17) is 20.8 Å². The molecule has 0 aliphatic carbocycles. The maximum absolute atomic E-state index is 12.1. The maximum Gasteiger partial charge on any atom is 0.339 e. The summed E-state index contributed by atoms with van der Waals surface area (Å²) in [7, 11) is -3.17. The molecular formula is C17H16ClNO5S. The van der Waals surface area contributed by atoms with Gasteiger partial charge in [0.1, 0.15) is 18.1 Å². The Morgan fingerprint density at radius 1 is 1.28 bits per heavy atom. The quantitative estimate of drug-likeness (QED) is 0.706. The van der Waals surface area contributed by atoms with E-state index < -0.39 is 15.5 Å². The first-order valence-electron chi connectivity index (χ1n) is 7.80. The lowest BCUT2D eigenvalue weighted by Crippen LogP contribution is -2.41. The summed E-state index contributed by atoms with van der Waals surface area (Å²) < 4.78 is 34.7. The van der Waals surface area contributed by atoms with E-state index >= 15 is 0 Å². The number of benzene rings is 1. The smallest absolute Gasteiger partial charge is 0.339 e. The zero-order chi connectivity index (χ0) is 17.9. The lowest BCUT2D eigenvalue weighted by atomic mass is 10.0. The van der Waals surface area contributed by atoms with Crippen molar-refractivity contribution < 1.29 is 17.6 Å². The molecule has 0 bridgehead atoms. The van der Waals surface area contributed by atoms with Crippen molar-refractivity contribution in [1.82, 2.24) is 4.90 Å². The van der Waals surface area contributed by atoms with Gasteiger partial charge < -0.3 is 9.15 Å². The van der Waals surface area contributed by atoms with Gasteiger partial charge in [0.15, 0.2) is 9.84 Å². The summed E-state index contributed by atoms with van der Waals surface area (Å²) >= 11 is 6.36. The Hall–Kier alpha value is -1.83. The van der Waals surface area contributed by atoms with E-state index in [0.717, 1.165) is 10.9 Å². The van der Waals surface area contributed by atoms with Crippen LogP contribution in [0.4, 0.5) is 0 Å². The van der Waals surface area contributed by atoms with Crippen LogP contribution in [0.2, 0.25) is 5.02 Å². The second-order valence-electron chi connectivity index (χ2n) is 6.43. The van der Waals surface area contributed by atoms with Crippen molar-refractivity contribution >= 4 is 32.4 Å². The SMILES string of the molecule is Cc1c(C)c2cc(Cl)c3c(c2oc1=O)CN([C@@H]1C=CS(=O)(=O)C1)CO3. The standard InChI is InChI=1S/C17H16ClNO5S/c1-9-10(2)17(20)24-15-12(9)5-14(18)16-13(15)6-19(8-23-16)11-3-4-25(21,22)7-11/h3-5,11H,6-8H2,1-2H3/t11-/m1/s1. The van der Waals surface area contributed by atoms with Crippen LogP contribution in [0.3, 0.4) is 0 Å². The molecule has 0 fully saturated rings. The summed E-state index contributed by atoms with van der Waals surface area (Å²) in [5.41, 5.74) is 2.09. The molecule has 0 saturated heterocycles. The van der Waals surface area contributed by atoms with Gasteiger partial charge in [0.2, 0.25) is 0 Å². The number of halogens is 1. The number of rotatable bonds is 1. The molecule has 0 radical (unpaired) electrons. The normalized spacial score (nSPS) is 22.1. The molecule has 25 heavy (non-hydrogen) atoms. The molecule has 0 spiro atoms. The summed E-state index contributed by atoms with van der Waals surface area (Å²) in [6.07, 6.45) is 1.65. The fourth-order valence-corrected chi connectivity index (χ4v) is 4.89. The van der Waals surface area contributed by atoms with Gasteiger partial charge >= 0.3 is 5.63 Å². The third kappa shape index (κ3) is 2.67. The molecule has 6 nitrogen and oxygen atoms in total. The molecule has 1 aromatic carbocycles. The van der Waals surface area contributed by atoms with Crippen molar-refractivity contribution in [2.24, 2.45) is 0 Å². The van der Waals surface area contributed by atoms with Crippen LogP contribution in [0, 0.1) is 13.8 Å². The molecule has 0 unspecified atom stereocenters. The Labute approximate surface area is 149 Å². The molecule has 2 aromatic rings. The van der Waals surface area contributed by atoms with E-state index in [-0.39, 0.29) is 18.5 Å². The highest BCUT2D eigenvalue weighted by Gasteiger charge is 2.32. The third-order valence-electron chi connectivity index (χ3n) is 4.86. The molecule has 8 heteroatoms. The van der Waals surface area contributed by atoms with Gasteiger partial charge in [-0.1, -0.05) is 17.7 Å². The summed E-state index contributed by atoms with van der Waals surface area (Å²) in [6, 6.07) is 1.47. The summed E-state index contributed by atoms with van der Waals surface area (Å²) in [6.45, 7) is 4.18. The summed E-state index contributed by atoms with van der Waals surface area (Å²) in [4.78, 5) is 14.0. The van der Waals surface area contributed by atoms with Crippen molar-refractivity contribution in [3.05, 3.63) is 49.7 Å².